The molecular formula is C21H19F3N4O4. The average molecular weight is 448 g/mol. The number of aryl methyl sites for hydroxylation is 1. The number of rotatable bonds is 9. The van der Waals surface area contributed by atoms with E-state index < -0.39 is 41.5 Å². The van der Waals surface area contributed by atoms with Gasteiger partial charge in [0.15, 0.2) is 17.5 Å². The minimum absolute atomic E-state index is 0.0439. The molecule has 0 aliphatic rings. The highest BCUT2D eigenvalue weighted by molar-refractivity contribution is 5.94. The molecule has 3 rings (SSSR count). The van der Waals surface area contributed by atoms with Gasteiger partial charge >= 0.3 is 0 Å². The molecule has 0 radical (unpaired) electrons. The van der Waals surface area contributed by atoms with Crippen LogP contribution in [-0.2, 0) is 16.0 Å². The molecule has 0 spiro atoms. The number of carbonyl (C=O) groups is 2. The highest BCUT2D eigenvalue weighted by Gasteiger charge is 2.16. The minimum Gasteiger partial charge on any atom is -0.494 e. The Morgan fingerprint density at radius 1 is 1.03 bits per heavy atom. The van der Waals surface area contributed by atoms with E-state index >= 15 is 0 Å². The summed E-state index contributed by atoms with van der Waals surface area (Å²) in [5.74, 6) is -4.59. The third-order valence-electron chi connectivity index (χ3n) is 4.21. The average Bonchev–Trinajstić information content (AvgIpc) is 3.26. The lowest BCUT2D eigenvalue weighted by atomic mass is 10.2. The lowest BCUT2D eigenvalue weighted by Gasteiger charge is -2.08. The van der Waals surface area contributed by atoms with Crippen molar-refractivity contribution in [1.29, 1.82) is 0 Å². The monoisotopic (exact) mass is 448 g/mol. The van der Waals surface area contributed by atoms with Crippen LogP contribution in [-0.4, -0.2) is 35.1 Å². The van der Waals surface area contributed by atoms with Crippen molar-refractivity contribution < 1.29 is 32.0 Å². The first-order valence-electron chi connectivity index (χ1n) is 9.63. The number of halogens is 3. The fourth-order valence-electron chi connectivity index (χ4n) is 2.65. The first-order chi connectivity index (χ1) is 15.4. The zero-order chi connectivity index (χ0) is 23.1. The maximum Gasteiger partial charge on any atom is 0.243 e. The van der Waals surface area contributed by atoms with Crippen LogP contribution >= 0.6 is 0 Å². The van der Waals surface area contributed by atoms with Crippen molar-refractivity contribution in [1.82, 2.24) is 15.5 Å². The summed E-state index contributed by atoms with van der Waals surface area (Å²) >= 11 is 0. The van der Waals surface area contributed by atoms with E-state index in [1.807, 2.05) is 6.92 Å². The molecule has 2 aromatic carbocycles. The molecule has 0 saturated carbocycles. The van der Waals surface area contributed by atoms with Crippen LogP contribution < -0.4 is 15.4 Å². The summed E-state index contributed by atoms with van der Waals surface area (Å²) in [5, 5.41) is 8.25. The van der Waals surface area contributed by atoms with Crippen LogP contribution in [0.5, 0.6) is 5.75 Å². The van der Waals surface area contributed by atoms with Crippen LogP contribution in [0.25, 0.3) is 11.4 Å². The maximum atomic E-state index is 13.6. The normalized spacial score (nSPS) is 10.6. The molecule has 8 nitrogen and oxygen atoms in total. The maximum absolute atomic E-state index is 13.6. The van der Waals surface area contributed by atoms with E-state index in [-0.39, 0.29) is 18.7 Å². The summed E-state index contributed by atoms with van der Waals surface area (Å²) < 4.78 is 50.1. The molecule has 32 heavy (non-hydrogen) atoms. The van der Waals surface area contributed by atoms with Crippen molar-refractivity contribution in [3.05, 3.63) is 59.7 Å². The Labute approximate surface area is 180 Å². The quantitative estimate of drug-likeness (QED) is 0.487. The molecule has 1 aromatic heterocycles. The van der Waals surface area contributed by atoms with Gasteiger partial charge < -0.3 is 19.9 Å². The van der Waals surface area contributed by atoms with Gasteiger partial charge in [-0.05, 0) is 43.3 Å². The molecule has 0 fully saturated rings. The van der Waals surface area contributed by atoms with Gasteiger partial charge in [-0.15, -0.1) is 0 Å². The van der Waals surface area contributed by atoms with Gasteiger partial charge in [0.2, 0.25) is 23.5 Å². The number of hydrogen-bond acceptors (Lipinski definition) is 6. The van der Waals surface area contributed by atoms with E-state index in [4.69, 9.17) is 9.26 Å². The molecule has 0 bridgehead atoms. The molecule has 1 heterocycles. The molecule has 2 amide bonds. The van der Waals surface area contributed by atoms with Gasteiger partial charge in [0, 0.05) is 18.4 Å². The number of amides is 2. The molecule has 11 heteroatoms. The van der Waals surface area contributed by atoms with Gasteiger partial charge in [-0.1, -0.05) is 5.16 Å². The Kier molecular flexibility index (Phi) is 7.42. The second-order valence-electron chi connectivity index (χ2n) is 6.52. The summed E-state index contributed by atoms with van der Waals surface area (Å²) in [4.78, 5) is 28.0. The summed E-state index contributed by atoms with van der Waals surface area (Å²) in [6.45, 7) is 1.95. The second kappa shape index (κ2) is 10.4. The predicted octanol–water partition coefficient (Wildman–Crippen LogP) is 3.24. The third-order valence-corrected chi connectivity index (χ3v) is 4.21. The Balaban J connectivity index is 1.45. The molecule has 0 aliphatic carbocycles. The number of ether oxygens (including phenoxy) is 1. The standard InChI is InChI=1S/C21H19F3N4O4/c1-2-31-13-5-3-12(4-6-13)21-27-18(32-28-21)10-9-16(29)25-11-17(30)26-15-8-7-14(22)19(23)20(15)24/h3-8H,2,9-11H2,1H3,(H,25,29)(H,26,30). The zero-order valence-electron chi connectivity index (χ0n) is 17.0. The van der Waals surface area contributed by atoms with Gasteiger partial charge in [0.05, 0.1) is 18.8 Å². The predicted molar refractivity (Wildman–Crippen MR) is 107 cm³/mol. The molecule has 2 N–H and O–H groups in total. The Morgan fingerprint density at radius 2 is 1.78 bits per heavy atom. The van der Waals surface area contributed by atoms with E-state index in [1.54, 1.807) is 24.3 Å². The zero-order valence-corrected chi connectivity index (χ0v) is 17.0. The summed E-state index contributed by atoms with van der Waals surface area (Å²) in [5.41, 5.74) is 0.185. The largest absolute Gasteiger partial charge is 0.494 e. The van der Waals surface area contributed by atoms with Crippen molar-refractivity contribution in [2.75, 3.05) is 18.5 Å². The van der Waals surface area contributed by atoms with Crippen LogP contribution in [0, 0.1) is 17.5 Å². The number of benzene rings is 2. The topological polar surface area (TPSA) is 106 Å². The van der Waals surface area contributed by atoms with E-state index in [0.717, 1.165) is 6.07 Å². The summed E-state index contributed by atoms with van der Waals surface area (Å²) in [6, 6.07) is 8.67. The number of hydrogen-bond donors (Lipinski definition) is 2. The summed E-state index contributed by atoms with van der Waals surface area (Å²) in [6.07, 6.45) is 0.0903. The highest BCUT2D eigenvalue weighted by atomic mass is 19.2. The van der Waals surface area contributed by atoms with Gasteiger partial charge in [-0.2, -0.15) is 4.98 Å². The molecule has 3 aromatic rings. The van der Waals surface area contributed by atoms with Gasteiger partial charge in [-0.25, -0.2) is 13.2 Å². The number of carbonyl (C=O) groups excluding carboxylic acids is 2. The number of aromatic nitrogens is 2. The fraction of sp³-hybridized carbons (Fsp3) is 0.238. The third kappa shape index (κ3) is 5.84. The van der Waals surface area contributed by atoms with Crippen molar-refractivity contribution in [3.8, 4) is 17.1 Å². The van der Waals surface area contributed by atoms with E-state index in [0.29, 0.717) is 29.8 Å². The highest BCUT2D eigenvalue weighted by Crippen LogP contribution is 2.21. The van der Waals surface area contributed by atoms with Crippen molar-refractivity contribution in [2.24, 2.45) is 0 Å². The lowest BCUT2D eigenvalue weighted by molar-refractivity contribution is -0.124. The van der Waals surface area contributed by atoms with Crippen LogP contribution in [0.3, 0.4) is 0 Å². The number of anilines is 1. The molecule has 0 unspecified atom stereocenters. The molecule has 0 aliphatic heterocycles. The first-order valence-corrected chi connectivity index (χ1v) is 9.63. The van der Waals surface area contributed by atoms with Crippen LogP contribution in [0.1, 0.15) is 19.2 Å². The van der Waals surface area contributed by atoms with Gasteiger partial charge in [0.1, 0.15) is 5.75 Å². The number of nitrogens with one attached hydrogen (secondary N) is 2. The smallest absolute Gasteiger partial charge is 0.243 e. The second-order valence-corrected chi connectivity index (χ2v) is 6.52. The molecule has 168 valence electrons. The number of nitrogens with zero attached hydrogens (tertiary/aromatic N) is 2. The van der Waals surface area contributed by atoms with Crippen LogP contribution in [0.4, 0.5) is 18.9 Å². The first kappa shape index (κ1) is 22.8. The molecular weight excluding hydrogens is 429 g/mol. The minimum atomic E-state index is -1.70. The lowest BCUT2D eigenvalue weighted by Crippen LogP contribution is -2.33. The molecule has 0 atom stereocenters. The van der Waals surface area contributed by atoms with Crippen LogP contribution in [0.15, 0.2) is 40.9 Å². The fourth-order valence-corrected chi connectivity index (χ4v) is 2.65. The molecule has 0 saturated heterocycles. The van der Waals surface area contributed by atoms with Crippen LogP contribution in [0.2, 0.25) is 0 Å². The van der Waals surface area contributed by atoms with Crippen molar-refractivity contribution >= 4 is 17.5 Å². The van der Waals surface area contributed by atoms with E-state index in [2.05, 4.69) is 20.8 Å². The van der Waals surface area contributed by atoms with Gasteiger partial charge in [-0.3, -0.25) is 9.59 Å². The Morgan fingerprint density at radius 3 is 2.50 bits per heavy atom. The van der Waals surface area contributed by atoms with Gasteiger partial charge in [0.25, 0.3) is 0 Å². The summed E-state index contributed by atoms with van der Waals surface area (Å²) in [7, 11) is 0. The van der Waals surface area contributed by atoms with E-state index in [9.17, 15) is 22.8 Å². The Bertz CT molecular complexity index is 1100. The SMILES string of the molecule is CCOc1ccc(-c2noc(CCC(=O)NCC(=O)Nc3ccc(F)c(F)c3F)n2)cc1. The van der Waals surface area contributed by atoms with Crippen molar-refractivity contribution in [2.45, 2.75) is 19.8 Å². The Hall–Kier alpha value is -3.89. The van der Waals surface area contributed by atoms with Crippen molar-refractivity contribution in [3.63, 3.8) is 0 Å². The van der Waals surface area contributed by atoms with E-state index in [1.165, 1.54) is 0 Å².